The summed E-state index contributed by atoms with van der Waals surface area (Å²) in [6.45, 7) is -0.356. The van der Waals surface area contributed by atoms with Gasteiger partial charge in [0.2, 0.25) is 12.2 Å². The Labute approximate surface area is 421 Å². The molecule has 6 aliphatic rings. The highest BCUT2D eigenvalue weighted by atomic mass is 16.7. The van der Waals surface area contributed by atoms with E-state index in [0.29, 0.717) is 54.9 Å². The maximum atomic E-state index is 15.1. The van der Waals surface area contributed by atoms with Crippen LogP contribution in [-0.4, -0.2) is 164 Å². The highest BCUT2D eigenvalue weighted by Crippen LogP contribution is 2.52. The van der Waals surface area contributed by atoms with E-state index in [2.05, 4.69) is 26.6 Å². The second kappa shape index (κ2) is 22.7. The monoisotopic (exact) mass is 1010 g/mol. The number of likely N-dealkylation sites (N-methyl/N-ethyl adjacent to an activating group) is 1. The molecule has 0 aromatic heterocycles. The standard InChI is InChI=1S/C51H64N8O14/c1-54-19-34-26(10-13-55-47(34)52)12-16-70-46-43(67)42(66)36-23-69-21-27(5-4-14-60)37(30-6-2-3-7-35(30)59-24-56-39-48(59)57-51(53)58-49(39)68)33-18-32-38(41(65)31-17-25(20-62)8-9-29(31)40(32)64)45(44(33)73-50(46)72-36)71-22-28(63)11-15-61/h2-3,6-10,15,17-18,27-28,36-37,39,42-43,46,48,50-51,54-57,60,62-63,66-67H,4-5,11-14,16,19-24,52-53H2,1H3,(H,58,68)/t27-,28+,36-,37-,39-,42-,43+,46-,48+,50+,51+/m0/s1. The Bertz CT molecular complexity index is 2630. The fourth-order valence-corrected chi connectivity index (χ4v) is 10.8. The summed E-state index contributed by atoms with van der Waals surface area (Å²) < 4.78 is 33.0. The number of ether oxygens (including phenoxy) is 5. The number of rotatable bonds is 17. The Kier molecular flexibility index (Phi) is 16.2. The van der Waals surface area contributed by atoms with Gasteiger partial charge in [-0.2, -0.15) is 0 Å². The van der Waals surface area contributed by atoms with E-state index < -0.39 is 91.9 Å². The second-order valence-corrected chi connectivity index (χ2v) is 19.0. The number of nitrogens with one attached hydrogen (secondary N) is 5. The van der Waals surface area contributed by atoms with Gasteiger partial charge in [-0.25, -0.2) is 0 Å². The zero-order valence-electron chi connectivity index (χ0n) is 40.3. The van der Waals surface area contributed by atoms with Crippen molar-refractivity contribution in [2.75, 3.05) is 64.7 Å². The van der Waals surface area contributed by atoms with Gasteiger partial charge in [-0.3, -0.25) is 30.8 Å². The quantitative estimate of drug-likeness (QED) is 0.0529. The van der Waals surface area contributed by atoms with Crippen LogP contribution in [0.3, 0.4) is 0 Å². The van der Waals surface area contributed by atoms with Gasteiger partial charge in [0.1, 0.15) is 61.6 Å². The number of nitrogens with zero attached hydrogens (tertiary/aromatic N) is 1. The lowest BCUT2D eigenvalue weighted by atomic mass is 9.74. The van der Waals surface area contributed by atoms with Crippen LogP contribution in [0.1, 0.15) is 80.1 Å². The van der Waals surface area contributed by atoms with Gasteiger partial charge < -0.3 is 80.6 Å². The molecule has 22 nitrogen and oxygen atoms in total. The molecule has 0 saturated carbocycles. The Balaban J connectivity index is 1.26. The SMILES string of the molecule is CNCC1=C(N)NCC=C1CCO[C@@H]1[C@H]2Oc3c(cc4c(c3OC[C@H](O)CC=O)C(=O)c3cc(CO)ccc3C4=O)[C@H](c3ccccc3N3CN[C@@H]4C(=O)N[C@H](N)N[C@@H]43)[C@@H](CCCO)COC[C@H](O2)[C@H](O)[C@H]1O. The number of para-hydroxylation sites is 1. The van der Waals surface area contributed by atoms with E-state index in [4.69, 9.17) is 35.2 Å². The highest BCUT2D eigenvalue weighted by Gasteiger charge is 2.50. The minimum atomic E-state index is -1.64. The smallest absolute Gasteiger partial charge is 0.242 e. The van der Waals surface area contributed by atoms with Crippen LogP contribution in [-0.2, 0) is 30.4 Å². The van der Waals surface area contributed by atoms with Gasteiger partial charge in [0.15, 0.2) is 23.1 Å². The van der Waals surface area contributed by atoms with E-state index in [1.165, 1.54) is 12.1 Å². The first-order chi connectivity index (χ1) is 35.4. The van der Waals surface area contributed by atoms with E-state index >= 15 is 9.59 Å². The van der Waals surface area contributed by atoms with Crippen LogP contribution in [0, 0.1) is 5.92 Å². The third-order valence-electron chi connectivity index (χ3n) is 14.3. The number of dihydropyridines is 1. The molecule has 22 heteroatoms. The molecule has 3 fully saturated rings. The lowest BCUT2D eigenvalue weighted by molar-refractivity contribution is -0.289. The minimum absolute atomic E-state index is 0.0125. The van der Waals surface area contributed by atoms with Crippen molar-refractivity contribution in [3.63, 3.8) is 0 Å². The number of aliphatic hydroxyl groups is 5. The summed E-state index contributed by atoms with van der Waals surface area (Å²) in [6.07, 6.45) is -7.21. The summed E-state index contributed by atoms with van der Waals surface area (Å²) in [6, 6.07) is 12.7. The number of hydrogen-bond donors (Lipinski definition) is 12. The predicted molar refractivity (Wildman–Crippen MR) is 261 cm³/mol. The second-order valence-electron chi connectivity index (χ2n) is 19.0. The van der Waals surface area contributed by atoms with Gasteiger partial charge in [0.05, 0.1) is 44.8 Å². The van der Waals surface area contributed by atoms with E-state index in [9.17, 15) is 35.1 Å². The average Bonchev–Trinajstić information content (AvgIpc) is 3.81. The van der Waals surface area contributed by atoms with Gasteiger partial charge in [0.25, 0.3) is 0 Å². The van der Waals surface area contributed by atoms with E-state index in [0.717, 1.165) is 11.1 Å². The molecule has 3 aromatic carbocycles. The minimum Gasteiger partial charge on any atom is -0.486 e. The molecule has 392 valence electrons. The number of benzene rings is 3. The first-order valence-corrected chi connectivity index (χ1v) is 24.6. The lowest BCUT2D eigenvalue weighted by Gasteiger charge is -2.42. The Morgan fingerprint density at radius 3 is 2.62 bits per heavy atom. The molecule has 3 aromatic rings. The topological polar surface area (TPSA) is 331 Å². The van der Waals surface area contributed by atoms with E-state index in [1.54, 1.807) is 19.2 Å². The molecule has 5 heterocycles. The number of fused-ring (bicyclic) bond motifs is 6. The number of hydrogen-bond acceptors (Lipinski definition) is 21. The van der Waals surface area contributed by atoms with Gasteiger partial charge >= 0.3 is 0 Å². The summed E-state index contributed by atoms with van der Waals surface area (Å²) in [5.74, 6) is -2.96. The first-order valence-electron chi connectivity index (χ1n) is 24.6. The maximum absolute atomic E-state index is 15.1. The molecule has 0 radical (unpaired) electrons. The number of amides is 1. The zero-order chi connectivity index (χ0) is 51.5. The Morgan fingerprint density at radius 2 is 1.84 bits per heavy atom. The largest absolute Gasteiger partial charge is 0.486 e. The highest BCUT2D eigenvalue weighted by molar-refractivity contribution is 6.29. The van der Waals surface area contributed by atoms with Gasteiger partial charge in [-0.1, -0.05) is 30.3 Å². The molecule has 0 unspecified atom stereocenters. The molecule has 14 N–H and O–H groups in total. The summed E-state index contributed by atoms with van der Waals surface area (Å²) in [5, 5.41) is 70.8. The Morgan fingerprint density at radius 1 is 1.01 bits per heavy atom. The van der Waals surface area contributed by atoms with Crippen LogP contribution < -0.4 is 52.4 Å². The fraction of sp³-hybridized carbons (Fsp3) is 0.490. The molecule has 1 aliphatic carbocycles. The number of carbonyl (C=O) groups excluding carboxylic acids is 4. The molecular formula is C51H64N8O14. The van der Waals surface area contributed by atoms with Gasteiger partial charge in [-0.15, -0.1) is 0 Å². The first kappa shape index (κ1) is 52.0. The van der Waals surface area contributed by atoms with Crippen molar-refractivity contribution in [3.05, 3.63) is 111 Å². The number of carbonyl (C=O) groups is 4. The number of ketones is 2. The average molecular weight is 1010 g/mol. The maximum Gasteiger partial charge on any atom is 0.242 e. The molecule has 11 atom stereocenters. The normalized spacial score (nSPS) is 28.3. The molecule has 2 bridgehead atoms. The molecule has 0 spiro atoms. The van der Waals surface area contributed by atoms with Crippen molar-refractivity contribution in [1.82, 2.24) is 26.6 Å². The molecule has 1 amide bonds. The molecular weight excluding hydrogens is 949 g/mol. The number of anilines is 1. The third-order valence-corrected chi connectivity index (χ3v) is 14.3. The van der Waals surface area contributed by atoms with Crippen LogP contribution in [0.25, 0.3) is 0 Å². The summed E-state index contributed by atoms with van der Waals surface area (Å²) in [7, 11) is 1.80. The van der Waals surface area contributed by atoms with Crippen LogP contribution in [0.2, 0.25) is 0 Å². The predicted octanol–water partition coefficient (Wildman–Crippen LogP) is -1.62. The summed E-state index contributed by atoms with van der Waals surface area (Å²) in [5.41, 5.74) is 15.9. The third kappa shape index (κ3) is 10.4. The van der Waals surface area contributed by atoms with Crippen molar-refractivity contribution in [3.8, 4) is 11.5 Å². The number of nitrogens with two attached hydrogens (primary N) is 2. The van der Waals surface area contributed by atoms with Crippen molar-refractivity contribution < 1.29 is 68.4 Å². The molecule has 5 aliphatic heterocycles. The summed E-state index contributed by atoms with van der Waals surface area (Å²) in [4.78, 5) is 57.1. The van der Waals surface area contributed by atoms with Crippen molar-refractivity contribution in [2.45, 2.75) is 93.5 Å². The van der Waals surface area contributed by atoms with Crippen LogP contribution in [0.5, 0.6) is 11.5 Å². The molecule has 9 rings (SSSR count). The van der Waals surface area contributed by atoms with Crippen LogP contribution in [0.15, 0.2) is 71.6 Å². The van der Waals surface area contributed by atoms with E-state index in [-0.39, 0.29) is 91.2 Å². The van der Waals surface area contributed by atoms with Gasteiger partial charge in [0, 0.05) is 65.5 Å². The number of aliphatic hydroxyl groups excluding tert-OH is 5. The zero-order valence-corrected chi connectivity index (χ0v) is 40.3. The fourth-order valence-electron chi connectivity index (χ4n) is 10.8. The van der Waals surface area contributed by atoms with E-state index in [1.807, 2.05) is 35.2 Å². The molecule has 3 saturated heterocycles. The lowest BCUT2D eigenvalue weighted by Crippen LogP contribution is -2.70. The van der Waals surface area contributed by atoms with Crippen molar-refractivity contribution >= 4 is 29.4 Å². The van der Waals surface area contributed by atoms with Crippen molar-refractivity contribution in [1.29, 1.82) is 0 Å². The Hall–Kier alpha value is -5.86. The van der Waals surface area contributed by atoms with Crippen LogP contribution >= 0.6 is 0 Å². The summed E-state index contributed by atoms with van der Waals surface area (Å²) >= 11 is 0. The number of aldehydes is 1. The van der Waals surface area contributed by atoms with Crippen LogP contribution in [0.4, 0.5) is 5.69 Å². The van der Waals surface area contributed by atoms with Crippen molar-refractivity contribution in [2.24, 2.45) is 17.4 Å². The molecule has 73 heavy (non-hydrogen) atoms. The van der Waals surface area contributed by atoms with Gasteiger partial charge in [-0.05, 0) is 73.2 Å².